The lowest BCUT2D eigenvalue weighted by atomic mass is 10.1. The van der Waals surface area contributed by atoms with Crippen molar-refractivity contribution in [1.82, 2.24) is 0 Å². The number of aliphatic hydroxyl groups is 1. The van der Waals surface area contributed by atoms with Gasteiger partial charge >= 0.3 is 6.18 Å². The van der Waals surface area contributed by atoms with E-state index in [4.69, 9.17) is 5.11 Å². The van der Waals surface area contributed by atoms with Crippen molar-refractivity contribution >= 4 is 11.8 Å². The van der Waals surface area contributed by atoms with E-state index in [0.29, 0.717) is 11.3 Å². The fourth-order valence-corrected chi connectivity index (χ4v) is 1.67. The number of hydrogen-bond acceptors (Lipinski definition) is 2. The van der Waals surface area contributed by atoms with Crippen molar-refractivity contribution in [2.24, 2.45) is 0 Å². The van der Waals surface area contributed by atoms with Crippen LogP contribution in [0, 0.1) is 0 Å². The number of benzene rings is 1. The molecule has 1 rings (SSSR count). The van der Waals surface area contributed by atoms with E-state index in [1.54, 1.807) is 13.0 Å². The first kappa shape index (κ1) is 12.4. The molecule has 84 valence electrons. The summed E-state index contributed by atoms with van der Waals surface area (Å²) in [5.41, 5.74) is -0.651. The van der Waals surface area contributed by atoms with Crippen molar-refractivity contribution < 1.29 is 18.3 Å². The molecular weight excluding hydrogens is 225 g/mol. The number of halogens is 3. The van der Waals surface area contributed by atoms with Crippen molar-refractivity contribution in [3.8, 4) is 0 Å². The van der Waals surface area contributed by atoms with E-state index in [1.165, 1.54) is 17.8 Å². The summed E-state index contributed by atoms with van der Waals surface area (Å²) in [4.78, 5) is 0. The topological polar surface area (TPSA) is 20.2 Å². The summed E-state index contributed by atoms with van der Waals surface area (Å²) in [5, 5.41) is 8.98. The van der Waals surface area contributed by atoms with Gasteiger partial charge in [0.2, 0.25) is 0 Å². The molecule has 0 aromatic heterocycles. The molecule has 1 nitrogen and oxygen atoms in total. The fourth-order valence-electron chi connectivity index (χ4n) is 1.05. The van der Waals surface area contributed by atoms with Crippen molar-refractivity contribution in [1.29, 1.82) is 0 Å². The van der Waals surface area contributed by atoms with Crippen LogP contribution in [0.1, 0.15) is 18.1 Å². The molecule has 1 atom stereocenters. The minimum absolute atomic E-state index is 0.377. The molecule has 0 saturated carbocycles. The van der Waals surface area contributed by atoms with Crippen LogP contribution in [0.3, 0.4) is 0 Å². The lowest BCUT2D eigenvalue weighted by Crippen LogP contribution is -2.05. The molecule has 0 spiro atoms. The van der Waals surface area contributed by atoms with Crippen molar-refractivity contribution in [2.75, 3.05) is 0 Å². The highest BCUT2D eigenvalue weighted by molar-refractivity contribution is 7.98. The summed E-state index contributed by atoms with van der Waals surface area (Å²) < 4.78 is 36.9. The molecule has 15 heavy (non-hydrogen) atoms. The fraction of sp³-hybridized carbons (Fsp3) is 0.400. The Bertz CT molecular complexity index is 323. The Morgan fingerprint density at radius 3 is 2.60 bits per heavy atom. The van der Waals surface area contributed by atoms with E-state index in [9.17, 15) is 13.2 Å². The zero-order valence-corrected chi connectivity index (χ0v) is 8.90. The highest BCUT2D eigenvalue weighted by atomic mass is 32.2. The number of hydrogen-bond donors (Lipinski definition) is 1. The predicted molar refractivity (Wildman–Crippen MR) is 54.4 cm³/mol. The number of thioether (sulfide) groups is 1. The van der Waals surface area contributed by atoms with Crippen LogP contribution >= 0.6 is 11.8 Å². The first-order valence-electron chi connectivity index (χ1n) is 4.35. The van der Waals surface area contributed by atoms with E-state index in [0.717, 1.165) is 12.1 Å². The SMILES string of the molecule is CC(O)SCc1cccc(C(F)(F)F)c1. The van der Waals surface area contributed by atoms with E-state index < -0.39 is 17.2 Å². The molecule has 1 aromatic rings. The molecule has 0 aliphatic heterocycles. The highest BCUT2D eigenvalue weighted by Crippen LogP contribution is 2.30. The maximum absolute atomic E-state index is 12.3. The Kier molecular flexibility index (Phi) is 4.04. The van der Waals surface area contributed by atoms with Gasteiger partial charge in [-0.3, -0.25) is 0 Å². The third kappa shape index (κ3) is 4.13. The highest BCUT2D eigenvalue weighted by Gasteiger charge is 2.30. The Labute approximate surface area is 90.3 Å². The molecule has 0 fully saturated rings. The maximum atomic E-state index is 12.3. The summed E-state index contributed by atoms with van der Waals surface area (Å²) in [6, 6.07) is 5.14. The minimum atomic E-state index is -4.30. The normalized spacial score (nSPS) is 13.9. The lowest BCUT2D eigenvalue weighted by molar-refractivity contribution is -0.137. The van der Waals surface area contributed by atoms with Gasteiger partial charge in [0, 0.05) is 5.75 Å². The van der Waals surface area contributed by atoms with Crippen LogP contribution in [-0.4, -0.2) is 10.5 Å². The van der Waals surface area contributed by atoms with Gasteiger partial charge in [-0.15, -0.1) is 11.8 Å². The van der Waals surface area contributed by atoms with Crippen LogP contribution in [0.25, 0.3) is 0 Å². The van der Waals surface area contributed by atoms with E-state index in [1.807, 2.05) is 0 Å². The molecule has 0 aliphatic carbocycles. The minimum Gasteiger partial charge on any atom is -0.383 e. The molecule has 0 radical (unpaired) electrons. The molecule has 1 aromatic carbocycles. The molecule has 0 bridgehead atoms. The van der Waals surface area contributed by atoms with Gasteiger partial charge in [0.05, 0.1) is 11.0 Å². The standard InChI is InChI=1S/C10H11F3OS/c1-7(14)15-6-8-3-2-4-9(5-8)10(11,12)13/h2-5,7,14H,6H2,1H3. The first-order valence-corrected chi connectivity index (χ1v) is 5.40. The zero-order chi connectivity index (χ0) is 11.5. The summed E-state index contributed by atoms with van der Waals surface area (Å²) >= 11 is 1.19. The smallest absolute Gasteiger partial charge is 0.383 e. The summed E-state index contributed by atoms with van der Waals surface area (Å²) in [6.07, 6.45) is -4.30. The Morgan fingerprint density at radius 2 is 2.07 bits per heavy atom. The second-order valence-electron chi connectivity index (χ2n) is 3.11. The Balaban J connectivity index is 2.75. The Morgan fingerprint density at radius 1 is 1.40 bits per heavy atom. The average molecular weight is 236 g/mol. The third-order valence-corrected chi connectivity index (χ3v) is 2.73. The molecule has 0 amide bonds. The van der Waals surface area contributed by atoms with Crippen molar-refractivity contribution in [3.05, 3.63) is 35.4 Å². The summed E-state index contributed by atoms with van der Waals surface area (Å²) in [6.45, 7) is 1.58. The number of aliphatic hydroxyl groups excluding tert-OH is 1. The summed E-state index contributed by atoms with van der Waals surface area (Å²) in [7, 11) is 0. The van der Waals surface area contributed by atoms with E-state index >= 15 is 0 Å². The van der Waals surface area contributed by atoms with Crippen LogP contribution in [0.4, 0.5) is 13.2 Å². The van der Waals surface area contributed by atoms with Gasteiger partial charge in [0.1, 0.15) is 0 Å². The molecule has 0 aliphatic rings. The second-order valence-corrected chi connectivity index (χ2v) is 4.41. The second kappa shape index (κ2) is 4.90. The molecule has 0 saturated heterocycles. The van der Waals surface area contributed by atoms with Crippen LogP contribution < -0.4 is 0 Å². The van der Waals surface area contributed by atoms with Gasteiger partial charge in [0.15, 0.2) is 0 Å². The van der Waals surface area contributed by atoms with E-state index in [2.05, 4.69) is 0 Å². The van der Waals surface area contributed by atoms with Crippen molar-refractivity contribution in [3.63, 3.8) is 0 Å². The zero-order valence-electron chi connectivity index (χ0n) is 8.08. The maximum Gasteiger partial charge on any atom is 0.416 e. The van der Waals surface area contributed by atoms with Gasteiger partial charge in [-0.05, 0) is 18.6 Å². The molecule has 5 heteroatoms. The van der Waals surface area contributed by atoms with Gasteiger partial charge in [-0.2, -0.15) is 13.2 Å². The molecule has 1 unspecified atom stereocenters. The van der Waals surface area contributed by atoms with Crippen LogP contribution in [0.15, 0.2) is 24.3 Å². The van der Waals surface area contributed by atoms with Gasteiger partial charge in [-0.25, -0.2) is 0 Å². The van der Waals surface area contributed by atoms with Crippen LogP contribution in [0.2, 0.25) is 0 Å². The van der Waals surface area contributed by atoms with Gasteiger partial charge < -0.3 is 5.11 Å². The third-order valence-electron chi connectivity index (χ3n) is 1.75. The molecule has 0 heterocycles. The van der Waals surface area contributed by atoms with Crippen LogP contribution in [0.5, 0.6) is 0 Å². The molecular formula is C10H11F3OS. The summed E-state index contributed by atoms with van der Waals surface area (Å²) in [5.74, 6) is 0.377. The van der Waals surface area contributed by atoms with Gasteiger partial charge in [0.25, 0.3) is 0 Å². The quantitative estimate of drug-likeness (QED) is 0.813. The first-order chi connectivity index (χ1) is 6.89. The average Bonchev–Trinajstić information content (AvgIpc) is 2.14. The van der Waals surface area contributed by atoms with Gasteiger partial charge in [-0.1, -0.05) is 18.2 Å². The lowest BCUT2D eigenvalue weighted by Gasteiger charge is -2.09. The number of alkyl halides is 3. The molecule has 1 N–H and O–H groups in total. The van der Waals surface area contributed by atoms with Crippen molar-refractivity contribution in [2.45, 2.75) is 24.3 Å². The number of rotatable bonds is 3. The largest absolute Gasteiger partial charge is 0.416 e. The predicted octanol–water partition coefficient (Wildman–Crippen LogP) is 3.28. The monoisotopic (exact) mass is 236 g/mol. The Hall–Kier alpha value is -0.680. The van der Waals surface area contributed by atoms with Crippen LogP contribution in [-0.2, 0) is 11.9 Å². The van der Waals surface area contributed by atoms with E-state index in [-0.39, 0.29) is 0 Å².